The Balaban J connectivity index is 2.84. The van der Waals surface area contributed by atoms with Crippen molar-refractivity contribution in [2.24, 2.45) is 0 Å². The summed E-state index contributed by atoms with van der Waals surface area (Å²) < 4.78 is 0. The zero-order chi connectivity index (χ0) is 15.8. The van der Waals surface area contributed by atoms with Gasteiger partial charge in [-0.15, -0.1) is 0 Å². The zero-order valence-electron chi connectivity index (χ0n) is 11.9. The number of benzene rings is 1. The van der Waals surface area contributed by atoms with Crippen LogP contribution in [-0.2, 0) is 4.79 Å². The van der Waals surface area contributed by atoms with Crippen LogP contribution in [0.2, 0.25) is 0 Å². The Morgan fingerprint density at radius 2 is 2.05 bits per heavy atom. The number of nitro groups is 1. The summed E-state index contributed by atoms with van der Waals surface area (Å²) >= 11 is 0. The molecule has 1 rings (SSSR count). The normalized spacial score (nSPS) is 9.81. The van der Waals surface area contributed by atoms with Crippen molar-refractivity contribution in [1.29, 1.82) is 0 Å². The summed E-state index contributed by atoms with van der Waals surface area (Å²) in [5, 5.41) is 18.8. The molecule has 0 spiro atoms. The minimum absolute atomic E-state index is 0.0693. The first-order valence-electron chi connectivity index (χ1n) is 6.50. The number of nitrogens with zero attached hydrogens (tertiary/aromatic N) is 1. The van der Waals surface area contributed by atoms with E-state index in [1.165, 1.54) is 25.2 Å². The van der Waals surface area contributed by atoms with Crippen molar-refractivity contribution < 1.29 is 14.5 Å². The summed E-state index contributed by atoms with van der Waals surface area (Å²) in [7, 11) is 1.44. The molecule has 1 aromatic carbocycles. The molecule has 114 valence electrons. The van der Waals surface area contributed by atoms with E-state index in [4.69, 9.17) is 0 Å². The van der Waals surface area contributed by atoms with Crippen molar-refractivity contribution >= 4 is 23.2 Å². The molecule has 0 radical (unpaired) electrons. The van der Waals surface area contributed by atoms with Crippen molar-refractivity contribution in [3.05, 3.63) is 33.9 Å². The number of anilines is 1. The molecule has 1 aromatic rings. The minimum Gasteiger partial charge on any atom is -0.371 e. The lowest BCUT2D eigenvalue weighted by molar-refractivity contribution is -0.384. The molecule has 0 saturated carbocycles. The maximum absolute atomic E-state index is 11.5. The van der Waals surface area contributed by atoms with Crippen LogP contribution in [0.4, 0.5) is 11.4 Å². The van der Waals surface area contributed by atoms with Crippen molar-refractivity contribution in [3.63, 3.8) is 0 Å². The van der Waals surface area contributed by atoms with Gasteiger partial charge < -0.3 is 16.0 Å². The van der Waals surface area contributed by atoms with Crippen LogP contribution in [0.15, 0.2) is 18.2 Å². The largest absolute Gasteiger partial charge is 0.371 e. The van der Waals surface area contributed by atoms with Crippen LogP contribution < -0.4 is 16.0 Å². The summed E-state index contributed by atoms with van der Waals surface area (Å²) in [6, 6.07) is 4.04. The van der Waals surface area contributed by atoms with Gasteiger partial charge in [0.25, 0.3) is 11.6 Å². The van der Waals surface area contributed by atoms with Crippen LogP contribution >= 0.6 is 0 Å². The Bertz CT molecular complexity index is 545. The average molecular weight is 294 g/mol. The molecule has 0 saturated heterocycles. The maximum Gasteiger partial charge on any atom is 0.293 e. The van der Waals surface area contributed by atoms with Crippen molar-refractivity contribution in [1.82, 2.24) is 10.6 Å². The Morgan fingerprint density at radius 1 is 1.33 bits per heavy atom. The highest BCUT2D eigenvalue weighted by Gasteiger charge is 2.17. The second kappa shape index (κ2) is 7.83. The van der Waals surface area contributed by atoms with Gasteiger partial charge in [0.15, 0.2) is 0 Å². The summed E-state index contributed by atoms with van der Waals surface area (Å²) in [4.78, 5) is 33.4. The third-order valence-electron chi connectivity index (χ3n) is 2.70. The number of carbonyl (C=O) groups excluding carboxylic acids is 2. The highest BCUT2D eigenvalue weighted by Crippen LogP contribution is 2.25. The quantitative estimate of drug-likeness (QED) is 0.510. The molecule has 0 aliphatic rings. The SMILES string of the molecule is CCCNC(=O)CNc1ccc(C(=O)NC)cc1[N+](=O)[O-]. The predicted molar refractivity (Wildman–Crippen MR) is 78.3 cm³/mol. The van der Waals surface area contributed by atoms with E-state index in [0.29, 0.717) is 6.54 Å². The van der Waals surface area contributed by atoms with E-state index >= 15 is 0 Å². The van der Waals surface area contributed by atoms with E-state index in [1.54, 1.807) is 0 Å². The standard InChI is InChI=1S/C13H18N4O4/c1-3-6-15-12(18)8-16-10-5-4-9(13(19)14-2)7-11(10)17(20)21/h4-5,7,16H,3,6,8H2,1-2H3,(H,14,19)(H,15,18). The Hall–Kier alpha value is -2.64. The van der Waals surface area contributed by atoms with Gasteiger partial charge in [-0.1, -0.05) is 6.92 Å². The second-order valence-electron chi connectivity index (χ2n) is 4.27. The molecule has 0 atom stereocenters. The van der Waals surface area contributed by atoms with Gasteiger partial charge in [0.1, 0.15) is 5.69 Å². The molecule has 0 aromatic heterocycles. The fourth-order valence-electron chi connectivity index (χ4n) is 1.62. The van der Waals surface area contributed by atoms with Crippen LogP contribution in [0.25, 0.3) is 0 Å². The monoisotopic (exact) mass is 294 g/mol. The first-order chi connectivity index (χ1) is 9.99. The number of amides is 2. The van der Waals surface area contributed by atoms with Gasteiger partial charge in [-0.05, 0) is 18.6 Å². The van der Waals surface area contributed by atoms with Gasteiger partial charge in [-0.2, -0.15) is 0 Å². The molecule has 3 N–H and O–H groups in total. The van der Waals surface area contributed by atoms with Crippen LogP contribution in [0.1, 0.15) is 23.7 Å². The summed E-state index contributed by atoms with van der Waals surface area (Å²) in [6.45, 7) is 2.41. The number of nitrogens with one attached hydrogen (secondary N) is 3. The third-order valence-corrected chi connectivity index (χ3v) is 2.70. The molecular formula is C13H18N4O4. The van der Waals surface area contributed by atoms with Crippen LogP contribution in [0.3, 0.4) is 0 Å². The highest BCUT2D eigenvalue weighted by atomic mass is 16.6. The molecule has 0 unspecified atom stereocenters. The first kappa shape index (κ1) is 16.4. The Kier molecular flexibility index (Phi) is 6.12. The van der Waals surface area contributed by atoms with Crippen LogP contribution in [0, 0.1) is 10.1 Å². The second-order valence-corrected chi connectivity index (χ2v) is 4.27. The highest BCUT2D eigenvalue weighted by molar-refractivity contribution is 5.95. The number of rotatable bonds is 7. The van der Waals surface area contributed by atoms with Crippen molar-refractivity contribution in [2.75, 3.05) is 25.5 Å². The molecule has 21 heavy (non-hydrogen) atoms. The molecule has 0 aliphatic heterocycles. The molecule has 0 bridgehead atoms. The Morgan fingerprint density at radius 3 is 2.62 bits per heavy atom. The van der Waals surface area contributed by atoms with Gasteiger partial charge in [0, 0.05) is 25.2 Å². The van der Waals surface area contributed by atoms with E-state index in [2.05, 4.69) is 16.0 Å². The molecule has 0 fully saturated rings. The minimum atomic E-state index is -0.598. The van der Waals surface area contributed by atoms with Gasteiger partial charge in [-0.25, -0.2) is 0 Å². The van der Waals surface area contributed by atoms with Gasteiger partial charge in [0.2, 0.25) is 5.91 Å². The van der Waals surface area contributed by atoms with Gasteiger partial charge in [-0.3, -0.25) is 19.7 Å². The number of hydrogen-bond acceptors (Lipinski definition) is 5. The fraction of sp³-hybridized carbons (Fsp3) is 0.385. The predicted octanol–water partition coefficient (Wildman–Crippen LogP) is 0.892. The fourth-order valence-corrected chi connectivity index (χ4v) is 1.62. The van der Waals surface area contributed by atoms with Gasteiger partial charge >= 0.3 is 0 Å². The lowest BCUT2D eigenvalue weighted by atomic mass is 10.1. The van der Waals surface area contributed by atoms with E-state index < -0.39 is 10.8 Å². The lowest BCUT2D eigenvalue weighted by Crippen LogP contribution is -2.30. The van der Waals surface area contributed by atoms with Crippen LogP contribution in [0.5, 0.6) is 0 Å². The molecular weight excluding hydrogens is 276 g/mol. The molecule has 2 amide bonds. The molecule has 8 heteroatoms. The molecule has 0 heterocycles. The van der Waals surface area contributed by atoms with Gasteiger partial charge in [0.05, 0.1) is 11.5 Å². The van der Waals surface area contributed by atoms with E-state index in [1.807, 2.05) is 6.92 Å². The van der Waals surface area contributed by atoms with Crippen molar-refractivity contribution in [3.8, 4) is 0 Å². The number of hydrogen-bond donors (Lipinski definition) is 3. The van der Waals surface area contributed by atoms with Crippen LogP contribution in [-0.4, -0.2) is 36.9 Å². The molecule has 0 aliphatic carbocycles. The van der Waals surface area contributed by atoms with Crippen molar-refractivity contribution in [2.45, 2.75) is 13.3 Å². The van der Waals surface area contributed by atoms with E-state index in [9.17, 15) is 19.7 Å². The lowest BCUT2D eigenvalue weighted by Gasteiger charge is -2.08. The van der Waals surface area contributed by atoms with E-state index in [-0.39, 0.29) is 29.4 Å². The van der Waals surface area contributed by atoms with E-state index in [0.717, 1.165) is 6.42 Å². The smallest absolute Gasteiger partial charge is 0.293 e. The third kappa shape index (κ3) is 4.75. The molecule has 8 nitrogen and oxygen atoms in total. The Labute approximate surface area is 122 Å². The topological polar surface area (TPSA) is 113 Å². The number of nitro benzene ring substituents is 1. The average Bonchev–Trinajstić information content (AvgIpc) is 2.49. The maximum atomic E-state index is 11.5. The number of carbonyl (C=O) groups is 2. The first-order valence-corrected chi connectivity index (χ1v) is 6.50. The summed E-state index contributed by atoms with van der Waals surface area (Å²) in [6.07, 6.45) is 0.812. The zero-order valence-corrected chi connectivity index (χ0v) is 11.9. The summed E-state index contributed by atoms with van der Waals surface area (Å²) in [5.41, 5.74) is 0.129. The summed E-state index contributed by atoms with van der Waals surface area (Å²) in [5.74, 6) is -0.660.